The first-order valence-corrected chi connectivity index (χ1v) is 8.00. The highest BCUT2D eigenvalue weighted by Crippen LogP contribution is 2.48. The van der Waals surface area contributed by atoms with Crippen molar-refractivity contribution in [1.82, 2.24) is 10.2 Å². The first kappa shape index (κ1) is 13.2. The number of thioether (sulfide) groups is 1. The molecule has 98 valence electrons. The molecule has 17 heavy (non-hydrogen) atoms. The molecule has 2 fully saturated rings. The molecule has 1 heterocycles. The molecule has 0 spiro atoms. The summed E-state index contributed by atoms with van der Waals surface area (Å²) in [7, 11) is 0. The van der Waals surface area contributed by atoms with Crippen molar-refractivity contribution >= 4 is 17.7 Å². The van der Waals surface area contributed by atoms with Crippen molar-refractivity contribution in [3.8, 4) is 0 Å². The van der Waals surface area contributed by atoms with Crippen LogP contribution in [0.15, 0.2) is 0 Å². The van der Waals surface area contributed by atoms with Gasteiger partial charge < -0.3 is 4.90 Å². The first-order chi connectivity index (χ1) is 8.15. The molecule has 1 amide bonds. The van der Waals surface area contributed by atoms with Gasteiger partial charge in [0.2, 0.25) is 5.91 Å². The zero-order chi connectivity index (χ0) is 12.5. The fourth-order valence-electron chi connectivity index (χ4n) is 2.62. The molecule has 1 N–H and O–H groups in total. The summed E-state index contributed by atoms with van der Waals surface area (Å²) in [6, 6.07) is 0.0595. The Bertz CT molecular complexity index is 291. The zero-order valence-corrected chi connectivity index (χ0v) is 12.0. The molecule has 3 nitrogen and oxygen atoms in total. The lowest BCUT2D eigenvalue weighted by Gasteiger charge is -2.27. The van der Waals surface area contributed by atoms with E-state index in [0.717, 1.165) is 25.8 Å². The van der Waals surface area contributed by atoms with E-state index in [-0.39, 0.29) is 12.2 Å². The van der Waals surface area contributed by atoms with Crippen LogP contribution in [0, 0.1) is 0 Å². The number of carbonyl (C=O) groups is 1. The summed E-state index contributed by atoms with van der Waals surface area (Å²) in [4.78, 5) is 14.4. The summed E-state index contributed by atoms with van der Waals surface area (Å²) in [5, 5.41) is 3.48. The second-order valence-corrected chi connectivity index (χ2v) is 6.56. The van der Waals surface area contributed by atoms with E-state index < -0.39 is 0 Å². The van der Waals surface area contributed by atoms with Gasteiger partial charge in [-0.3, -0.25) is 10.1 Å². The van der Waals surface area contributed by atoms with Gasteiger partial charge in [0.25, 0.3) is 0 Å². The second-order valence-electron chi connectivity index (χ2n) is 5.29. The largest absolute Gasteiger partial charge is 0.324 e. The minimum atomic E-state index is 0.0595. The summed E-state index contributed by atoms with van der Waals surface area (Å²) >= 11 is 1.93. The van der Waals surface area contributed by atoms with Gasteiger partial charge in [0, 0.05) is 11.3 Å². The minimum absolute atomic E-state index is 0.0595. The number of amides is 1. The molecule has 2 atom stereocenters. The number of hydrogen-bond acceptors (Lipinski definition) is 3. The van der Waals surface area contributed by atoms with Crippen LogP contribution >= 0.6 is 11.8 Å². The molecule has 1 saturated carbocycles. The van der Waals surface area contributed by atoms with Crippen LogP contribution < -0.4 is 5.32 Å². The van der Waals surface area contributed by atoms with Crippen LogP contribution in [-0.4, -0.2) is 40.6 Å². The number of hydrogen-bond donors (Lipinski definition) is 1. The van der Waals surface area contributed by atoms with E-state index in [2.05, 4.69) is 30.3 Å². The summed E-state index contributed by atoms with van der Waals surface area (Å²) in [5.74, 6) is 0.325. The summed E-state index contributed by atoms with van der Waals surface area (Å²) in [5.41, 5.74) is 0. The molecule has 1 aliphatic heterocycles. The van der Waals surface area contributed by atoms with Crippen molar-refractivity contribution in [3.05, 3.63) is 0 Å². The highest BCUT2D eigenvalue weighted by Gasteiger charge is 2.48. The van der Waals surface area contributed by atoms with E-state index >= 15 is 0 Å². The van der Waals surface area contributed by atoms with E-state index in [9.17, 15) is 4.79 Å². The predicted octanol–water partition coefficient (Wildman–Crippen LogP) is 2.22. The Morgan fingerprint density at radius 2 is 2.18 bits per heavy atom. The van der Waals surface area contributed by atoms with E-state index in [0.29, 0.717) is 10.7 Å². The van der Waals surface area contributed by atoms with Gasteiger partial charge in [-0.25, -0.2) is 0 Å². The Morgan fingerprint density at radius 3 is 2.65 bits per heavy atom. The smallest absolute Gasteiger partial charge is 0.241 e. The molecule has 1 saturated heterocycles. The standard InChI is InChI=1S/C13H24N2OS/c1-4-6-11-14-10(5-2)12(16)15(11)9-13(17-3)7-8-13/h10-11,14H,4-9H2,1-3H3. The topological polar surface area (TPSA) is 32.3 Å². The van der Waals surface area contributed by atoms with E-state index in [1.807, 2.05) is 11.8 Å². The van der Waals surface area contributed by atoms with Gasteiger partial charge in [-0.1, -0.05) is 20.3 Å². The van der Waals surface area contributed by atoms with E-state index in [1.165, 1.54) is 12.8 Å². The molecular formula is C13H24N2OS. The average Bonchev–Trinajstić information content (AvgIpc) is 3.05. The molecule has 0 radical (unpaired) electrons. The lowest BCUT2D eigenvalue weighted by molar-refractivity contribution is -0.130. The molecule has 0 aromatic carbocycles. The van der Waals surface area contributed by atoms with E-state index in [4.69, 9.17) is 0 Å². The van der Waals surface area contributed by atoms with Gasteiger partial charge in [0.15, 0.2) is 0 Å². The Hall–Kier alpha value is -0.220. The Labute approximate surface area is 109 Å². The lowest BCUT2D eigenvalue weighted by atomic mass is 10.2. The zero-order valence-electron chi connectivity index (χ0n) is 11.2. The fourth-order valence-corrected chi connectivity index (χ4v) is 3.40. The van der Waals surface area contributed by atoms with Crippen molar-refractivity contribution < 1.29 is 4.79 Å². The molecular weight excluding hydrogens is 232 g/mol. The van der Waals surface area contributed by atoms with Crippen molar-refractivity contribution in [1.29, 1.82) is 0 Å². The third-order valence-corrected chi connectivity index (χ3v) is 5.42. The SMILES string of the molecule is CCCC1NC(CC)C(=O)N1CC1(SC)CC1. The molecule has 2 aliphatic rings. The van der Waals surface area contributed by atoms with Gasteiger partial charge >= 0.3 is 0 Å². The van der Waals surface area contributed by atoms with E-state index in [1.54, 1.807) is 0 Å². The van der Waals surface area contributed by atoms with Crippen LogP contribution in [-0.2, 0) is 4.79 Å². The van der Waals surface area contributed by atoms with Crippen LogP contribution in [0.5, 0.6) is 0 Å². The maximum Gasteiger partial charge on any atom is 0.241 e. The van der Waals surface area contributed by atoms with Crippen molar-refractivity contribution in [2.75, 3.05) is 12.8 Å². The maximum absolute atomic E-state index is 12.3. The number of nitrogens with zero attached hydrogens (tertiary/aromatic N) is 1. The fraction of sp³-hybridized carbons (Fsp3) is 0.923. The Balaban J connectivity index is 2.03. The summed E-state index contributed by atoms with van der Waals surface area (Å²) < 4.78 is 0.381. The van der Waals surface area contributed by atoms with Crippen molar-refractivity contribution in [2.24, 2.45) is 0 Å². The Morgan fingerprint density at radius 1 is 1.47 bits per heavy atom. The van der Waals surface area contributed by atoms with Crippen molar-refractivity contribution in [2.45, 2.75) is 62.9 Å². The van der Waals surface area contributed by atoms with Gasteiger partial charge in [-0.2, -0.15) is 11.8 Å². The van der Waals surface area contributed by atoms with Gasteiger partial charge in [-0.15, -0.1) is 0 Å². The summed E-state index contributed by atoms with van der Waals surface area (Å²) in [6.45, 7) is 5.22. The number of nitrogens with one attached hydrogen (secondary N) is 1. The van der Waals surface area contributed by atoms with Crippen LogP contribution in [0.4, 0.5) is 0 Å². The van der Waals surface area contributed by atoms with Crippen LogP contribution in [0.1, 0.15) is 46.0 Å². The third-order valence-electron chi connectivity index (χ3n) is 4.02. The second kappa shape index (κ2) is 5.19. The molecule has 1 aliphatic carbocycles. The normalized spacial score (nSPS) is 31.0. The first-order valence-electron chi connectivity index (χ1n) is 6.77. The average molecular weight is 256 g/mol. The minimum Gasteiger partial charge on any atom is -0.324 e. The van der Waals surface area contributed by atoms with Gasteiger partial charge in [0.1, 0.15) is 0 Å². The lowest BCUT2D eigenvalue weighted by Crippen LogP contribution is -2.41. The molecule has 0 aromatic rings. The quantitative estimate of drug-likeness (QED) is 0.791. The Kier molecular flexibility index (Phi) is 4.03. The van der Waals surface area contributed by atoms with Gasteiger partial charge in [0.05, 0.1) is 12.2 Å². The maximum atomic E-state index is 12.3. The molecule has 2 rings (SSSR count). The molecule has 4 heteroatoms. The van der Waals surface area contributed by atoms with Gasteiger partial charge in [-0.05, 0) is 31.9 Å². The number of rotatable bonds is 6. The highest BCUT2D eigenvalue weighted by atomic mass is 32.2. The summed E-state index contributed by atoms with van der Waals surface area (Å²) in [6.07, 6.45) is 8.11. The van der Waals surface area contributed by atoms with Crippen LogP contribution in [0.25, 0.3) is 0 Å². The number of carbonyl (C=O) groups excluding carboxylic acids is 1. The van der Waals surface area contributed by atoms with Crippen LogP contribution in [0.2, 0.25) is 0 Å². The predicted molar refractivity (Wildman–Crippen MR) is 73.1 cm³/mol. The third kappa shape index (κ3) is 2.63. The van der Waals surface area contributed by atoms with Crippen LogP contribution in [0.3, 0.4) is 0 Å². The molecule has 0 aromatic heterocycles. The van der Waals surface area contributed by atoms with Crippen molar-refractivity contribution in [3.63, 3.8) is 0 Å². The molecule has 0 bridgehead atoms. The molecule has 2 unspecified atom stereocenters. The highest BCUT2D eigenvalue weighted by molar-refractivity contribution is 8.00. The monoisotopic (exact) mass is 256 g/mol.